The second kappa shape index (κ2) is 5.71. The fourth-order valence-electron chi connectivity index (χ4n) is 2.48. The van der Waals surface area contributed by atoms with E-state index in [2.05, 4.69) is 10.6 Å². The lowest BCUT2D eigenvalue weighted by molar-refractivity contribution is -0.144. The number of aliphatic carboxylic acids is 1. The van der Waals surface area contributed by atoms with E-state index in [0.717, 1.165) is 18.4 Å². The molecule has 5 nitrogen and oxygen atoms in total. The van der Waals surface area contributed by atoms with Crippen LogP contribution in [0.15, 0.2) is 18.2 Å². The Kier molecular flexibility index (Phi) is 4.18. The summed E-state index contributed by atoms with van der Waals surface area (Å²) in [5.74, 6) is -0.979. The molecule has 108 valence electrons. The van der Waals surface area contributed by atoms with E-state index in [0.29, 0.717) is 23.6 Å². The SMILES string of the molecule is Cc1c(Cl)cccc1NC(=O)NC1(C(=O)O)CCCC1. The van der Waals surface area contributed by atoms with Crippen molar-refractivity contribution in [2.24, 2.45) is 0 Å². The molecule has 0 heterocycles. The van der Waals surface area contributed by atoms with Crippen molar-refractivity contribution in [2.45, 2.75) is 38.1 Å². The summed E-state index contributed by atoms with van der Waals surface area (Å²) in [6.45, 7) is 1.79. The first-order valence-electron chi connectivity index (χ1n) is 6.52. The Balaban J connectivity index is 2.09. The third-order valence-electron chi connectivity index (χ3n) is 3.74. The number of hydrogen-bond acceptors (Lipinski definition) is 2. The normalized spacial score (nSPS) is 16.7. The summed E-state index contributed by atoms with van der Waals surface area (Å²) < 4.78 is 0. The predicted molar refractivity (Wildman–Crippen MR) is 77.2 cm³/mol. The molecule has 0 spiro atoms. The summed E-state index contributed by atoms with van der Waals surface area (Å²) in [4.78, 5) is 23.4. The maximum Gasteiger partial charge on any atom is 0.329 e. The van der Waals surface area contributed by atoms with Crippen LogP contribution in [-0.4, -0.2) is 22.6 Å². The van der Waals surface area contributed by atoms with Crippen LogP contribution in [0.25, 0.3) is 0 Å². The first-order chi connectivity index (χ1) is 9.44. The fourth-order valence-corrected chi connectivity index (χ4v) is 2.66. The monoisotopic (exact) mass is 296 g/mol. The van der Waals surface area contributed by atoms with Crippen molar-refractivity contribution in [1.29, 1.82) is 0 Å². The van der Waals surface area contributed by atoms with Crippen LogP contribution in [0.3, 0.4) is 0 Å². The summed E-state index contributed by atoms with van der Waals surface area (Å²) in [5.41, 5.74) is 0.185. The van der Waals surface area contributed by atoms with Gasteiger partial charge in [-0.3, -0.25) is 0 Å². The maximum absolute atomic E-state index is 12.0. The lowest BCUT2D eigenvalue weighted by atomic mass is 9.98. The molecule has 1 saturated carbocycles. The van der Waals surface area contributed by atoms with E-state index in [4.69, 9.17) is 11.6 Å². The highest BCUT2D eigenvalue weighted by Gasteiger charge is 2.42. The molecule has 3 N–H and O–H groups in total. The van der Waals surface area contributed by atoms with Gasteiger partial charge in [0.15, 0.2) is 0 Å². The Morgan fingerprint density at radius 3 is 2.55 bits per heavy atom. The van der Waals surface area contributed by atoms with Crippen LogP contribution in [0.2, 0.25) is 5.02 Å². The molecule has 0 aliphatic heterocycles. The first-order valence-corrected chi connectivity index (χ1v) is 6.90. The number of carbonyl (C=O) groups excluding carboxylic acids is 1. The zero-order valence-corrected chi connectivity index (χ0v) is 12.0. The van der Waals surface area contributed by atoms with Crippen molar-refractivity contribution in [3.63, 3.8) is 0 Å². The number of rotatable bonds is 3. The van der Waals surface area contributed by atoms with Gasteiger partial charge in [0.25, 0.3) is 0 Å². The highest BCUT2D eigenvalue weighted by atomic mass is 35.5. The number of carboxylic acids is 1. The average Bonchev–Trinajstić information content (AvgIpc) is 2.85. The van der Waals surface area contributed by atoms with Crippen molar-refractivity contribution >= 4 is 29.3 Å². The molecule has 1 aromatic carbocycles. The Morgan fingerprint density at radius 1 is 1.30 bits per heavy atom. The van der Waals surface area contributed by atoms with Crippen molar-refractivity contribution < 1.29 is 14.7 Å². The van der Waals surface area contributed by atoms with E-state index in [-0.39, 0.29) is 0 Å². The van der Waals surface area contributed by atoms with Gasteiger partial charge in [-0.1, -0.05) is 30.5 Å². The number of amides is 2. The maximum atomic E-state index is 12.0. The summed E-state index contributed by atoms with van der Waals surface area (Å²) in [6, 6.07) is 4.67. The van der Waals surface area contributed by atoms with Gasteiger partial charge in [0.1, 0.15) is 5.54 Å². The van der Waals surface area contributed by atoms with E-state index in [1.807, 2.05) is 0 Å². The van der Waals surface area contributed by atoms with Crippen molar-refractivity contribution in [2.75, 3.05) is 5.32 Å². The van der Waals surface area contributed by atoms with Crippen LogP contribution >= 0.6 is 11.6 Å². The molecular weight excluding hydrogens is 280 g/mol. The number of benzene rings is 1. The van der Waals surface area contributed by atoms with Gasteiger partial charge in [-0.2, -0.15) is 0 Å². The lowest BCUT2D eigenvalue weighted by Crippen LogP contribution is -2.53. The van der Waals surface area contributed by atoms with Gasteiger partial charge in [0.05, 0.1) is 0 Å². The molecule has 20 heavy (non-hydrogen) atoms. The van der Waals surface area contributed by atoms with E-state index in [9.17, 15) is 14.7 Å². The van der Waals surface area contributed by atoms with Crippen molar-refractivity contribution in [1.82, 2.24) is 5.32 Å². The van der Waals surface area contributed by atoms with Crippen LogP contribution in [0.5, 0.6) is 0 Å². The second-order valence-electron chi connectivity index (χ2n) is 5.09. The van der Waals surface area contributed by atoms with E-state index in [1.54, 1.807) is 25.1 Å². The van der Waals surface area contributed by atoms with Gasteiger partial charge in [-0.15, -0.1) is 0 Å². The number of nitrogens with one attached hydrogen (secondary N) is 2. The summed E-state index contributed by atoms with van der Waals surface area (Å²) in [6.07, 6.45) is 2.54. The van der Waals surface area contributed by atoms with Crippen LogP contribution in [0.1, 0.15) is 31.2 Å². The number of hydrogen-bond donors (Lipinski definition) is 3. The minimum atomic E-state index is -1.14. The third kappa shape index (κ3) is 2.88. The summed E-state index contributed by atoms with van der Waals surface area (Å²) >= 11 is 5.98. The van der Waals surface area contributed by atoms with Gasteiger partial charge in [0, 0.05) is 10.7 Å². The second-order valence-corrected chi connectivity index (χ2v) is 5.49. The fraction of sp³-hybridized carbons (Fsp3) is 0.429. The van der Waals surface area contributed by atoms with Gasteiger partial charge >= 0.3 is 12.0 Å². The third-order valence-corrected chi connectivity index (χ3v) is 4.14. The Hall–Kier alpha value is -1.75. The number of carboxylic acid groups (broad SMARTS) is 1. The van der Waals surface area contributed by atoms with Gasteiger partial charge in [-0.05, 0) is 37.5 Å². The minimum absolute atomic E-state index is 0.463. The topological polar surface area (TPSA) is 78.4 Å². The Bertz CT molecular complexity index is 539. The molecule has 0 saturated heterocycles. The summed E-state index contributed by atoms with van der Waals surface area (Å²) in [5, 5.41) is 15.1. The van der Waals surface area contributed by atoms with Crippen LogP contribution < -0.4 is 10.6 Å². The summed E-state index contributed by atoms with van der Waals surface area (Å²) in [7, 11) is 0. The molecule has 1 fully saturated rings. The zero-order chi connectivity index (χ0) is 14.8. The van der Waals surface area contributed by atoms with Crippen molar-refractivity contribution in [3.8, 4) is 0 Å². The van der Waals surface area contributed by atoms with Gasteiger partial charge in [0.2, 0.25) is 0 Å². The predicted octanol–water partition coefficient (Wildman–Crippen LogP) is 3.17. The lowest BCUT2D eigenvalue weighted by Gasteiger charge is -2.25. The van der Waals surface area contributed by atoms with Crippen LogP contribution in [0, 0.1) is 6.92 Å². The molecule has 2 rings (SSSR count). The minimum Gasteiger partial charge on any atom is -0.480 e. The molecule has 2 amide bonds. The molecule has 0 radical (unpaired) electrons. The molecule has 1 aliphatic rings. The number of halogens is 1. The first kappa shape index (κ1) is 14.7. The number of urea groups is 1. The molecule has 1 aromatic rings. The molecule has 6 heteroatoms. The molecule has 0 atom stereocenters. The van der Waals surface area contributed by atoms with E-state index in [1.165, 1.54) is 0 Å². The van der Waals surface area contributed by atoms with Gasteiger partial charge < -0.3 is 15.7 Å². The van der Waals surface area contributed by atoms with Crippen LogP contribution in [0.4, 0.5) is 10.5 Å². The highest BCUT2D eigenvalue weighted by molar-refractivity contribution is 6.31. The van der Waals surface area contributed by atoms with Gasteiger partial charge in [-0.25, -0.2) is 9.59 Å². The largest absolute Gasteiger partial charge is 0.480 e. The molecule has 0 unspecified atom stereocenters. The average molecular weight is 297 g/mol. The zero-order valence-electron chi connectivity index (χ0n) is 11.2. The van der Waals surface area contributed by atoms with E-state index >= 15 is 0 Å². The quantitative estimate of drug-likeness (QED) is 0.801. The number of carbonyl (C=O) groups is 2. The Morgan fingerprint density at radius 2 is 1.95 bits per heavy atom. The highest BCUT2D eigenvalue weighted by Crippen LogP contribution is 2.30. The van der Waals surface area contributed by atoms with Crippen LogP contribution in [-0.2, 0) is 4.79 Å². The van der Waals surface area contributed by atoms with E-state index < -0.39 is 17.5 Å². The number of anilines is 1. The Labute approximate surface area is 122 Å². The molecule has 0 aromatic heterocycles. The molecular formula is C14H17ClN2O3. The van der Waals surface area contributed by atoms with Crippen molar-refractivity contribution in [3.05, 3.63) is 28.8 Å². The molecule has 1 aliphatic carbocycles. The smallest absolute Gasteiger partial charge is 0.329 e. The standard InChI is InChI=1S/C14H17ClN2O3/c1-9-10(15)5-4-6-11(9)16-13(20)17-14(12(18)19)7-2-3-8-14/h4-6H,2-3,7-8H2,1H3,(H,18,19)(H2,16,17,20). The molecule has 0 bridgehead atoms.